The standard InChI is InChI=1S/C15H23ClN2/c1-10-7-13(10)9-18(3)15(11(2)17)12-5-4-6-14(16)8-12/h4-6,8,10-11,13,15H,7,9,17H2,1-3H3. The van der Waals surface area contributed by atoms with Crippen molar-refractivity contribution < 1.29 is 0 Å². The van der Waals surface area contributed by atoms with E-state index in [1.165, 1.54) is 12.0 Å². The number of hydrogen-bond acceptors (Lipinski definition) is 2. The van der Waals surface area contributed by atoms with Crippen molar-refractivity contribution in [2.45, 2.75) is 32.4 Å². The molecule has 2 rings (SSSR count). The van der Waals surface area contributed by atoms with E-state index in [2.05, 4.69) is 31.9 Å². The molecule has 0 aromatic heterocycles. The van der Waals surface area contributed by atoms with Gasteiger partial charge in [0.05, 0.1) is 0 Å². The Bertz CT molecular complexity index is 405. The zero-order valence-corrected chi connectivity index (χ0v) is 12.2. The highest BCUT2D eigenvalue weighted by Crippen LogP contribution is 2.39. The summed E-state index contributed by atoms with van der Waals surface area (Å²) in [7, 11) is 2.17. The fraction of sp³-hybridized carbons (Fsp3) is 0.600. The Kier molecular flexibility index (Phi) is 4.31. The highest BCUT2D eigenvalue weighted by Gasteiger charge is 2.35. The van der Waals surface area contributed by atoms with Crippen LogP contribution in [0.25, 0.3) is 0 Å². The van der Waals surface area contributed by atoms with Crippen molar-refractivity contribution >= 4 is 11.6 Å². The first-order valence-corrected chi connectivity index (χ1v) is 7.08. The maximum atomic E-state index is 6.17. The fourth-order valence-corrected chi connectivity index (χ4v) is 2.99. The number of rotatable bonds is 5. The first-order valence-electron chi connectivity index (χ1n) is 6.70. The molecule has 2 nitrogen and oxygen atoms in total. The summed E-state index contributed by atoms with van der Waals surface area (Å²) in [6.07, 6.45) is 1.35. The van der Waals surface area contributed by atoms with Gasteiger partial charge in [-0.05, 0) is 49.9 Å². The third-order valence-corrected chi connectivity index (χ3v) is 4.20. The SMILES string of the molecule is CC(N)C(c1cccc(Cl)c1)N(C)CC1CC1C. The molecule has 0 bridgehead atoms. The number of hydrogen-bond donors (Lipinski definition) is 1. The summed E-state index contributed by atoms with van der Waals surface area (Å²) in [6.45, 7) is 5.51. The number of nitrogens with zero attached hydrogens (tertiary/aromatic N) is 1. The third kappa shape index (κ3) is 3.25. The summed E-state index contributed by atoms with van der Waals surface area (Å²) in [6, 6.07) is 8.40. The van der Waals surface area contributed by atoms with E-state index >= 15 is 0 Å². The van der Waals surface area contributed by atoms with Gasteiger partial charge in [0.1, 0.15) is 0 Å². The van der Waals surface area contributed by atoms with Gasteiger partial charge in [0, 0.05) is 23.7 Å². The highest BCUT2D eigenvalue weighted by atomic mass is 35.5. The Morgan fingerprint density at radius 3 is 2.67 bits per heavy atom. The average Bonchev–Trinajstić information content (AvgIpc) is 2.93. The molecule has 2 N–H and O–H groups in total. The molecule has 0 aliphatic heterocycles. The summed E-state index contributed by atoms with van der Waals surface area (Å²) in [5.74, 6) is 1.72. The van der Waals surface area contributed by atoms with Crippen LogP contribution < -0.4 is 5.73 Å². The van der Waals surface area contributed by atoms with Crippen LogP contribution in [0.4, 0.5) is 0 Å². The van der Waals surface area contributed by atoms with E-state index in [9.17, 15) is 0 Å². The normalized spacial score (nSPS) is 26.1. The molecule has 0 heterocycles. The van der Waals surface area contributed by atoms with Crippen LogP contribution >= 0.6 is 11.6 Å². The molecular formula is C15H23ClN2. The molecule has 4 unspecified atom stereocenters. The molecule has 0 spiro atoms. The molecule has 1 saturated carbocycles. The van der Waals surface area contributed by atoms with Crippen LogP contribution in [-0.4, -0.2) is 24.5 Å². The van der Waals surface area contributed by atoms with Gasteiger partial charge in [0.15, 0.2) is 0 Å². The third-order valence-electron chi connectivity index (χ3n) is 3.96. The minimum atomic E-state index is 0.0996. The van der Waals surface area contributed by atoms with E-state index in [1.54, 1.807) is 0 Å². The molecule has 18 heavy (non-hydrogen) atoms. The molecule has 0 radical (unpaired) electrons. The van der Waals surface area contributed by atoms with Crippen LogP contribution in [0.2, 0.25) is 5.02 Å². The van der Waals surface area contributed by atoms with E-state index in [1.807, 2.05) is 18.2 Å². The number of halogens is 1. The predicted octanol–water partition coefficient (Wildman–Crippen LogP) is 3.32. The summed E-state index contributed by atoms with van der Waals surface area (Å²) in [5, 5.41) is 0.784. The first-order chi connectivity index (χ1) is 8.49. The Hall–Kier alpha value is -0.570. The molecule has 1 aliphatic carbocycles. The maximum absolute atomic E-state index is 6.17. The van der Waals surface area contributed by atoms with Crippen molar-refractivity contribution in [3.05, 3.63) is 34.9 Å². The van der Waals surface area contributed by atoms with Gasteiger partial charge in [-0.2, -0.15) is 0 Å². The van der Waals surface area contributed by atoms with Gasteiger partial charge in [0.25, 0.3) is 0 Å². The summed E-state index contributed by atoms with van der Waals surface area (Å²) in [4.78, 5) is 2.38. The molecule has 4 atom stereocenters. The van der Waals surface area contributed by atoms with E-state index in [0.717, 1.165) is 23.4 Å². The van der Waals surface area contributed by atoms with Gasteiger partial charge < -0.3 is 5.73 Å². The van der Waals surface area contributed by atoms with E-state index in [4.69, 9.17) is 17.3 Å². The maximum Gasteiger partial charge on any atom is 0.0494 e. The molecule has 0 saturated heterocycles. The molecule has 1 aromatic carbocycles. The predicted molar refractivity (Wildman–Crippen MR) is 77.7 cm³/mol. The Labute approximate surface area is 115 Å². The van der Waals surface area contributed by atoms with Gasteiger partial charge in [-0.25, -0.2) is 0 Å². The largest absolute Gasteiger partial charge is 0.326 e. The molecule has 1 aromatic rings. The second-order valence-corrected chi connectivity index (χ2v) is 6.21. The Balaban J connectivity index is 2.12. The van der Waals surface area contributed by atoms with Gasteiger partial charge in [-0.1, -0.05) is 30.7 Å². The van der Waals surface area contributed by atoms with E-state index in [0.29, 0.717) is 0 Å². The van der Waals surface area contributed by atoms with Crippen LogP contribution in [-0.2, 0) is 0 Å². The van der Waals surface area contributed by atoms with Crippen molar-refractivity contribution in [3.63, 3.8) is 0 Å². The van der Waals surface area contributed by atoms with Crippen LogP contribution in [0.5, 0.6) is 0 Å². The Morgan fingerprint density at radius 1 is 1.50 bits per heavy atom. The summed E-state index contributed by atoms with van der Waals surface area (Å²) in [5.41, 5.74) is 7.38. The van der Waals surface area contributed by atoms with Gasteiger partial charge in [-0.15, -0.1) is 0 Å². The van der Waals surface area contributed by atoms with Crippen molar-refractivity contribution in [2.75, 3.05) is 13.6 Å². The van der Waals surface area contributed by atoms with Crippen molar-refractivity contribution in [1.82, 2.24) is 4.90 Å². The second kappa shape index (κ2) is 5.60. The first kappa shape index (κ1) is 13.9. The lowest BCUT2D eigenvalue weighted by Gasteiger charge is -2.31. The van der Waals surface area contributed by atoms with Gasteiger partial charge in [0.2, 0.25) is 0 Å². The molecule has 1 fully saturated rings. The van der Waals surface area contributed by atoms with E-state index < -0.39 is 0 Å². The average molecular weight is 267 g/mol. The molecule has 1 aliphatic rings. The smallest absolute Gasteiger partial charge is 0.0494 e. The summed E-state index contributed by atoms with van der Waals surface area (Å²) < 4.78 is 0. The highest BCUT2D eigenvalue weighted by molar-refractivity contribution is 6.30. The quantitative estimate of drug-likeness (QED) is 0.886. The van der Waals surface area contributed by atoms with Crippen LogP contribution in [0, 0.1) is 11.8 Å². The van der Waals surface area contributed by atoms with Crippen molar-refractivity contribution in [1.29, 1.82) is 0 Å². The van der Waals surface area contributed by atoms with Crippen LogP contribution in [0.3, 0.4) is 0 Å². The molecule has 100 valence electrons. The lowest BCUT2D eigenvalue weighted by Crippen LogP contribution is -2.38. The monoisotopic (exact) mass is 266 g/mol. The van der Waals surface area contributed by atoms with Crippen molar-refractivity contribution in [2.24, 2.45) is 17.6 Å². The van der Waals surface area contributed by atoms with Gasteiger partial charge in [-0.3, -0.25) is 4.90 Å². The van der Waals surface area contributed by atoms with E-state index in [-0.39, 0.29) is 12.1 Å². The lowest BCUT2D eigenvalue weighted by molar-refractivity contribution is 0.208. The molecule has 3 heteroatoms. The number of nitrogens with two attached hydrogens (primary N) is 1. The zero-order valence-electron chi connectivity index (χ0n) is 11.4. The second-order valence-electron chi connectivity index (χ2n) is 5.77. The summed E-state index contributed by atoms with van der Waals surface area (Å²) >= 11 is 6.08. The topological polar surface area (TPSA) is 29.3 Å². The minimum Gasteiger partial charge on any atom is -0.326 e. The van der Waals surface area contributed by atoms with Crippen LogP contribution in [0.15, 0.2) is 24.3 Å². The van der Waals surface area contributed by atoms with Gasteiger partial charge >= 0.3 is 0 Å². The lowest BCUT2D eigenvalue weighted by atomic mass is 9.99. The molecular weight excluding hydrogens is 244 g/mol. The van der Waals surface area contributed by atoms with Crippen molar-refractivity contribution in [3.8, 4) is 0 Å². The number of benzene rings is 1. The minimum absolute atomic E-state index is 0.0996. The zero-order chi connectivity index (χ0) is 13.3. The molecule has 0 amide bonds. The fourth-order valence-electron chi connectivity index (χ4n) is 2.79. The Morgan fingerprint density at radius 2 is 2.17 bits per heavy atom. The van der Waals surface area contributed by atoms with Crippen LogP contribution in [0.1, 0.15) is 31.9 Å². The number of likely N-dealkylation sites (N-methyl/N-ethyl adjacent to an activating group) is 1.